The van der Waals surface area contributed by atoms with Crippen molar-refractivity contribution in [1.82, 2.24) is 0 Å². The summed E-state index contributed by atoms with van der Waals surface area (Å²) in [6, 6.07) is 7.24. The highest BCUT2D eigenvalue weighted by Crippen LogP contribution is 2.20. The smallest absolute Gasteiger partial charge is 0.435 e. The lowest BCUT2D eigenvalue weighted by molar-refractivity contribution is 0.182. The molecule has 0 fully saturated rings. The Kier molecular flexibility index (Phi) is 2.82. The van der Waals surface area contributed by atoms with Gasteiger partial charge in [-0.1, -0.05) is 0 Å². The molecule has 2 N–H and O–H groups in total. The van der Waals surface area contributed by atoms with Gasteiger partial charge in [0.15, 0.2) is 0 Å². The summed E-state index contributed by atoms with van der Waals surface area (Å²) in [6.45, 7) is 1.87. The van der Waals surface area contributed by atoms with Gasteiger partial charge in [-0.15, -0.1) is 0 Å². The van der Waals surface area contributed by atoms with Crippen molar-refractivity contribution in [3.05, 3.63) is 35.6 Å². The van der Waals surface area contributed by atoms with Crippen LogP contribution in [0.25, 0.3) is 11.0 Å². The molecule has 1 heterocycles. The number of benzene rings is 1. The first-order chi connectivity index (χ1) is 8.10. The number of fused-ring (bicyclic) bond motifs is 1. The van der Waals surface area contributed by atoms with Crippen molar-refractivity contribution in [2.75, 3.05) is 7.11 Å². The van der Waals surface area contributed by atoms with Gasteiger partial charge in [0.05, 0.1) is 7.11 Å². The molecule has 0 spiro atoms. The Balaban J connectivity index is 2.42. The fraction of sp³-hybridized carbons (Fsp3) is 0.167. The zero-order valence-corrected chi connectivity index (χ0v) is 9.56. The van der Waals surface area contributed by atoms with Crippen molar-refractivity contribution < 1.29 is 13.9 Å². The van der Waals surface area contributed by atoms with Crippen LogP contribution in [0, 0.1) is 6.92 Å². The fourth-order valence-electron chi connectivity index (χ4n) is 1.54. The molecule has 0 unspecified atom stereocenters. The van der Waals surface area contributed by atoms with Crippen molar-refractivity contribution in [3.63, 3.8) is 0 Å². The third-order valence-electron chi connectivity index (χ3n) is 2.32. The number of carbonyl (C=O) groups is 1. The van der Waals surface area contributed by atoms with Gasteiger partial charge < -0.3 is 14.9 Å². The fourth-order valence-corrected chi connectivity index (χ4v) is 1.54. The topological polar surface area (TPSA) is 77.8 Å². The summed E-state index contributed by atoms with van der Waals surface area (Å²) in [6.07, 6.45) is -0.717. The third kappa shape index (κ3) is 2.28. The largest absolute Gasteiger partial charge is 0.461 e. The predicted octanol–water partition coefficient (Wildman–Crippen LogP) is 2.21. The number of hydrogen-bond acceptors (Lipinski definition) is 3. The van der Waals surface area contributed by atoms with Crippen LogP contribution in [0.5, 0.6) is 0 Å². The number of carbonyl (C=O) groups excluding carboxylic acids is 1. The van der Waals surface area contributed by atoms with E-state index in [-0.39, 0.29) is 5.84 Å². The first-order valence-corrected chi connectivity index (χ1v) is 5.03. The van der Waals surface area contributed by atoms with Crippen LogP contribution < -0.4 is 5.73 Å². The zero-order chi connectivity index (χ0) is 12.4. The normalized spacial score (nSPS) is 11.8. The first kappa shape index (κ1) is 11.2. The number of aryl methyl sites for hydroxylation is 1. The molecular weight excluding hydrogens is 220 g/mol. The van der Waals surface area contributed by atoms with Crippen LogP contribution in [0.3, 0.4) is 0 Å². The third-order valence-corrected chi connectivity index (χ3v) is 2.32. The molecule has 88 valence electrons. The van der Waals surface area contributed by atoms with E-state index < -0.39 is 6.09 Å². The van der Waals surface area contributed by atoms with E-state index >= 15 is 0 Å². The van der Waals surface area contributed by atoms with Crippen LogP contribution in [0.4, 0.5) is 4.79 Å². The van der Waals surface area contributed by atoms with Crippen molar-refractivity contribution in [2.24, 2.45) is 10.7 Å². The van der Waals surface area contributed by atoms with E-state index in [0.29, 0.717) is 5.56 Å². The monoisotopic (exact) mass is 232 g/mol. The maximum Gasteiger partial charge on any atom is 0.435 e. The van der Waals surface area contributed by atoms with Crippen LogP contribution in [0.15, 0.2) is 33.7 Å². The number of hydrogen-bond donors (Lipinski definition) is 1. The number of furan rings is 1. The molecule has 0 saturated carbocycles. The van der Waals surface area contributed by atoms with E-state index in [2.05, 4.69) is 9.73 Å². The molecule has 1 aromatic heterocycles. The van der Waals surface area contributed by atoms with Gasteiger partial charge in [-0.3, -0.25) is 0 Å². The van der Waals surface area contributed by atoms with Crippen molar-refractivity contribution in [1.29, 1.82) is 0 Å². The van der Waals surface area contributed by atoms with Crippen molar-refractivity contribution in [2.45, 2.75) is 6.92 Å². The maximum absolute atomic E-state index is 11.0. The molecule has 0 atom stereocenters. The molecule has 17 heavy (non-hydrogen) atoms. The lowest BCUT2D eigenvalue weighted by atomic mass is 10.1. The summed E-state index contributed by atoms with van der Waals surface area (Å²) in [5.41, 5.74) is 7.12. The number of amidine groups is 1. The second kappa shape index (κ2) is 4.29. The van der Waals surface area contributed by atoms with Crippen LogP contribution >= 0.6 is 0 Å². The highest BCUT2D eigenvalue weighted by molar-refractivity contribution is 6.04. The van der Waals surface area contributed by atoms with Gasteiger partial charge in [-0.25, -0.2) is 4.79 Å². The van der Waals surface area contributed by atoms with E-state index in [0.717, 1.165) is 16.7 Å². The molecule has 0 aliphatic heterocycles. The number of amides is 1. The summed E-state index contributed by atoms with van der Waals surface area (Å²) in [5.74, 6) is 0.943. The van der Waals surface area contributed by atoms with Gasteiger partial charge in [0.1, 0.15) is 17.2 Å². The molecule has 0 bridgehead atoms. The molecule has 0 radical (unpaired) electrons. The number of ether oxygens (including phenoxy) is 1. The molecule has 2 aromatic rings. The van der Waals surface area contributed by atoms with E-state index in [1.807, 2.05) is 19.1 Å². The van der Waals surface area contributed by atoms with Gasteiger partial charge in [-0.05, 0) is 31.2 Å². The average molecular weight is 232 g/mol. The molecule has 0 saturated heterocycles. The first-order valence-electron chi connectivity index (χ1n) is 5.03. The van der Waals surface area contributed by atoms with Gasteiger partial charge in [-0.2, -0.15) is 4.99 Å². The molecule has 0 aliphatic carbocycles. The summed E-state index contributed by atoms with van der Waals surface area (Å²) < 4.78 is 9.84. The zero-order valence-electron chi connectivity index (χ0n) is 9.56. The standard InChI is InChI=1S/C12H12N2O3/c1-7-5-9-6-8(3-4-10(9)17-7)11(13)14-12(15)16-2/h3-6H,1-2H3,(H2,13,14,15). The van der Waals surface area contributed by atoms with Crippen LogP contribution in [-0.2, 0) is 4.74 Å². The predicted molar refractivity (Wildman–Crippen MR) is 64.1 cm³/mol. The number of aliphatic imine (C=N–C) groups is 1. The highest BCUT2D eigenvalue weighted by Gasteiger charge is 2.06. The second-order valence-corrected chi connectivity index (χ2v) is 3.58. The minimum absolute atomic E-state index is 0.123. The Bertz CT molecular complexity index is 599. The SMILES string of the molecule is COC(=O)N=C(N)c1ccc2oc(C)cc2c1. The van der Waals surface area contributed by atoms with Gasteiger partial charge >= 0.3 is 6.09 Å². The van der Waals surface area contributed by atoms with Gasteiger partial charge in [0.25, 0.3) is 0 Å². The minimum atomic E-state index is -0.717. The highest BCUT2D eigenvalue weighted by atomic mass is 16.5. The lowest BCUT2D eigenvalue weighted by Gasteiger charge is -1.99. The van der Waals surface area contributed by atoms with Gasteiger partial charge in [0.2, 0.25) is 0 Å². The minimum Gasteiger partial charge on any atom is -0.461 e. The average Bonchev–Trinajstić information content (AvgIpc) is 2.67. The number of methoxy groups -OCH3 is 1. The summed E-state index contributed by atoms with van der Waals surface area (Å²) >= 11 is 0. The maximum atomic E-state index is 11.0. The molecule has 1 amide bonds. The van der Waals surface area contributed by atoms with Crippen LogP contribution in [0.2, 0.25) is 0 Å². The Labute approximate surface area is 97.9 Å². The molecule has 2 rings (SSSR count). The Morgan fingerprint density at radius 1 is 1.41 bits per heavy atom. The Morgan fingerprint density at radius 3 is 2.88 bits per heavy atom. The van der Waals surface area contributed by atoms with Crippen LogP contribution in [0.1, 0.15) is 11.3 Å². The van der Waals surface area contributed by atoms with Gasteiger partial charge in [0, 0.05) is 10.9 Å². The summed E-state index contributed by atoms with van der Waals surface area (Å²) in [5, 5.41) is 0.919. The molecule has 5 nitrogen and oxygen atoms in total. The van der Waals surface area contributed by atoms with E-state index in [4.69, 9.17) is 10.2 Å². The number of nitrogens with two attached hydrogens (primary N) is 1. The van der Waals surface area contributed by atoms with E-state index in [1.165, 1.54) is 7.11 Å². The summed E-state index contributed by atoms with van der Waals surface area (Å²) in [7, 11) is 1.25. The number of rotatable bonds is 1. The lowest BCUT2D eigenvalue weighted by Crippen LogP contribution is -2.15. The second-order valence-electron chi connectivity index (χ2n) is 3.58. The van der Waals surface area contributed by atoms with Crippen molar-refractivity contribution >= 4 is 22.9 Å². The Morgan fingerprint density at radius 2 is 2.18 bits per heavy atom. The number of nitrogens with zero attached hydrogens (tertiary/aromatic N) is 1. The Hall–Kier alpha value is -2.30. The summed E-state index contributed by atoms with van der Waals surface area (Å²) in [4.78, 5) is 14.5. The quantitative estimate of drug-likeness (QED) is 0.604. The van der Waals surface area contributed by atoms with E-state index in [9.17, 15) is 4.79 Å². The van der Waals surface area contributed by atoms with E-state index in [1.54, 1.807) is 12.1 Å². The molecule has 1 aromatic carbocycles. The molecular formula is C12H12N2O3. The van der Waals surface area contributed by atoms with Crippen molar-refractivity contribution in [3.8, 4) is 0 Å². The molecule has 5 heteroatoms. The van der Waals surface area contributed by atoms with Crippen LogP contribution in [-0.4, -0.2) is 19.0 Å². The molecule has 0 aliphatic rings.